The van der Waals surface area contributed by atoms with Gasteiger partial charge in [-0.05, 0) is 92.4 Å². The number of imide groups is 1. The number of carbonyl (C=O) groups is 4. The highest BCUT2D eigenvalue weighted by molar-refractivity contribution is 7.97. The second-order valence-corrected chi connectivity index (χ2v) is 18.3. The number of amides is 3. The Balaban J connectivity index is 1.03. The minimum Gasteiger partial charge on any atom is -0.457 e. The van der Waals surface area contributed by atoms with E-state index in [0.717, 1.165) is 87.7 Å². The third-order valence-electron chi connectivity index (χ3n) is 12.2. The van der Waals surface area contributed by atoms with Crippen LogP contribution in [0, 0.1) is 17.7 Å². The summed E-state index contributed by atoms with van der Waals surface area (Å²) in [6.07, 6.45) is 12.2. The van der Waals surface area contributed by atoms with Crippen molar-refractivity contribution in [2.24, 2.45) is 18.9 Å². The van der Waals surface area contributed by atoms with Gasteiger partial charge in [-0.2, -0.15) is 5.10 Å². The number of halogens is 1. The van der Waals surface area contributed by atoms with Gasteiger partial charge >= 0.3 is 12.1 Å². The van der Waals surface area contributed by atoms with Crippen LogP contribution < -0.4 is 4.90 Å². The molecule has 334 valence electrons. The molecule has 0 radical (unpaired) electrons. The van der Waals surface area contributed by atoms with Crippen LogP contribution in [-0.2, 0) is 30.9 Å². The molecule has 2 aromatic rings. The number of cyclic esters (lactones) is 1. The first-order chi connectivity index (χ1) is 29.3. The Morgan fingerprint density at radius 2 is 1.64 bits per heavy atom. The number of hydrogen-bond acceptors (Lipinski definition) is 12. The summed E-state index contributed by atoms with van der Waals surface area (Å²) in [4.78, 5) is 59.1. The number of rotatable bonds is 13. The lowest BCUT2D eigenvalue weighted by molar-refractivity contribution is -0.151. The molecule has 16 heteroatoms. The van der Waals surface area contributed by atoms with Gasteiger partial charge in [0.1, 0.15) is 18.0 Å². The highest BCUT2D eigenvalue weighted by Gasteiger charge is 2.31. The van der Waals surface area contributed by atoms with Gasteiger partial charge in [0, 0.05) is 96.6 Å². The Hall–Kier alpha value is -4.25. The van der Waals surface area contributed by atoms with E-state index in [0.29, 0.717) is 50.9 Å². The van der Waals surface area contributed by atoms with Gasteiger partial charge in [-0.1, -0.05) is 38.8 Å². The predicted octanol–water partition coefficient (Wildman–Crippen LogP) is 5.91. The summed E-state index contributed by atoms with van der Waals surface area (Å²) >= 11 is 1.67. The SMILES string of the molecule is C/C(=C\c1cc(F)cc(N2CCN(Sc3cnn(C)c3)CC2)c1)[C@H]1OC(=O)C[C@H](O)CC[C@H](C)[C@@H](OC(=O)N2CCN(CCCCCCN3C(=O)CCC3=O)CC2)/C=C/[C@@H]1C. The smallest absolute Gasteiger partial charge is 0.410 e. The summed E-state index contributed by atoms with van der Waals surface area (Å²) in [5.41, 5.74) is 2.17. The van der Waals surface area contributed by atoms with Crippen molar-refractivity contribution in [1.82, 2.24) is 28.8 Å². The second kappa shape index (κ2) is 22.2. The lowest BCUT2D eigenvalue weighted by Gasteiger charge is -2.35. The van der Waals surface area contributed by atoms with E-state index in [1.165, 1.54) is 11.0 Å². The summed E-state index contributed by atoms with van der Waals surface area (Å²) in [5, 5.41) is 15.1. The Morgan fingerprint density at radius 1 is 0.934 bits per heavy atom. The summed E-state index contributed by atoms with van der Waals surface area (Å²) < 4.78 is 31.4. The molecule has 3 fully saturated rings. The van der Waals surface area contributed by atoms with Crippen LogP contribution in [-0.4, -0.2) is 142 Å². The molecule has 0 spiro atoms. The standard InChI is InChI=1S/C45H64FN7O7S/c1-32-9-11-38(54)29-43(57)60-44(34(3)25-35-26-36(46)28-37(27-35)50-21-23-52(24-22-50)61-39-30-47-48(4)31-39)33(2)10-12-40(32)59-45(58)51-19-17-49(18-20-51)15-7-5-6-8-16-53-41(55)13-14-42(53)56/h10,12,25-28,30-33,38,40,44,54H,5-9,11,13-24,29H2,1-4H3/b12-10+,34-25+/t32-,33-,38+,40-,44-/m0/s1. The maximum Gasteiger partial charge on any atom is 0.410 e. The van der Waals surface area contributed by atoms with Crippen LogP contribution in [0.15, 0.2) is 53.2 Å². The van der Waals surface area contributed by atoms with Gasteiger partial charge in [-0.15, -0.1) is 0 Å². The number of ether oxygens (including phenoxy) is 2. The highest BCUT2D eigenvalue weighted by atomic mass is 32.2. The van der Waals surface area contributed by atoms with Gasteiger partial charge in [0.25, 0.3) is 0 Å². The molecule has 1 N–H and O–H groups in total. The van der Waals surface area contributed by atoms with Gasteiger partial charge in [-0.25, -0.2) is 13.5 Å². The molecular weight excluding hydrogens is 802 g/mol. The number of aromatic nitrogens is 2. The van der Waals surface area contributed by atoms with Crippen molar-refractivity contribution in [1.29, 1.82) is 0 Å². The fourth-order valence-electron chi connectivity index (χ4n) is 8.47. The predicted molar refractivity (Wildman–Crippen MR) is 233 cm³/mol. The number of benzene rings is 1. The summed E-state index contributed by atoms with van der Waals surface area (Å²) in [6, 6.07) is 4.99. The van der Waals surface area contributed by atoms with E-state index in [1.807, 2.05) is 64.5 Å². The van der Waals surface area contributed by atoms with E-state index in [-0.39, 0.29) is 42.0 Å². The van der Waals surface area contributed by atoms with E-state index in [2.05, 4.69) is 19.2 Å². The van der Waals surface area contributed by atoms with Crippen LogP contribution >= 0.6 is 11.9 Å². The number of hydrogen-bond donors (Lipinski definition) is 1. The number of aliphatic hydroxyl groups excluding tert-OH is 1. The molecule has 14 nitrogen and oxygen atoms in total. The van der Waals surface area contributed by atoms with E-state index in [1.54, 1.807) is 27.6 Å². The number of esters is 1. The largest absolute Gasteiger partial charge is 0.457 e. The van der Waals surface area contributed by atoms with Crippen molar-refractivity contribution in [2.75, 3.05) is 70.3 Å². The van der Waals surface area contributed by atoms with Crippen LogP contribution in [0.1, 0.15) is 84.1 Å². The van der Waals surface area contributed by atoms with Crippen molar-refractivity contribution < 1.29 is 38.1 Å². The van der Waals surface area contributed by atoms with Gasteiger partial charge in [0.2, 0.25) is 11.8 Å². The number of unbranched alkanes of at least 4 members (excludes halogenated alkanes) is 3. The molecule has 5 atom stereocenters. The zero-order valence-electron chi connectivity index (χ0n) is 36.3. The summed E-state index contributed by atoms with van der Waals surface area (Å²) in [5.74, 6) is -1.40. The fraction of sp³-hybridized carbons (Fsp3) is 0.622. The minimum absolute atomic E-state index is 0.0539. The Morgan fingerprint density at radius 3 is 2.33 bits per heavy atom. The molecule has 0 unspecified atom stereocenters. The van der Waals surface area contributed by atoms with Crippen molar-refractivity contribution in [3.63, 3.8) is 0 Å². The quantitative estimate of drug-likeness (QED) is 0.0842. The van der Waals surface area contributed by atoms with Gasteiger partial charge in [-0.3, -0.25) is 28.9 Å². The minimum atomic E-state index is -0.907. The lowest BCUT2D eigenvalue weighted by atomic mass is 9.91. The van der Waals surface area contributed by atoms with Crippen molar-refractivity contribution in [3.8, 4) is 0 Å². The molecule has 61 heavy (non-hydrogen) atoms. The molecule has 5 heterocycles. The van der Waals surface area contributed by atoms with Crippen LogP contribution in [0.3, 0.4) is 0 Å². The maximum atomic E-state index is 15.1. The molecule has 3 amide bonds. The molecule has 1 aromatic carbocycles. The van der Waals surface area contributed by atoms with Gasteiger partial charge in [0.15, 0.2) is 0 Å². The zero-order valence-corrected chi connectivity index (χ0v) is 37.1. The third-order valence-corrected chi connectivity index (χ3v) is 13.2. The van der Waals surface area contributed by atoms with Crippen LogP contribution in [0.4, 0.5) is 14.9 Å². The van der Waals surface area contributed by atoms with Crippen LogP contribution in [0.25, 0.3) is 6.08 Å². The van der Waals surface area contributed by atoms with E-state index in [4.69, 9.17) is 9.47 Å². The number of nitrogens with zero attached hydrogens (tertiary/aromatic N) is 7. The molecular formula is C45H64FN7O7S. The topological polar surface area (TPSA) is 141 Å². The van der Waals surface area contributed by atoms with Gasteiger partial charge in [0.05, 0.1) is 23.6 Å². The molecule has 4 aliphatic heterocycles. The van der Waals surface area contributed by atoms with Crippen LogP contribution in [0.5, 0.6) is 0 Å². The normalized spacial score (nSPS) is 25.9. The third kappa shape index (κ3) is 13.6. The van der Waals surface area contributed by atoms with Crippen LogP contribution in [0.2, 0.25) is 0 Å². The Kier molecular flexibility index (Phi) is 16.8. The molecule has 0 bridgehead atoms. The molecule has 3 saturated heterocycles. The molecule has 0 aliphatic carbocycles. The second-order valence-electron chi connectivity index (χ2n) is 17.1. The number of carbonyl (C=O) groups excluding carboxylic acids is 4. The van der Waals surface area contributed by atoms with E-state index in [9.17, 15) is 24.3 Å². The average molecular weight is 866 g/mol. The lowest BCUT2D eigenvalue weighted by Crippen LogP contribution is -2.49. The number of aryl methyl sites for hydroxylation is 1. The molecule has 1 aromatic heterocycles. The molecule has 0 saturated carbocycles. The first kappa shape index (κ1) is 46.3. The highest BCUT2D eigenvalue weighted by Crippen LogP contribution is 2.29. The van der Waals surface area contributed by atoms with Crippen molar-refractivity contribution >= 4 is 47.6 Å². The number of aliphatic hydroxyl groups is 1. The Bertz CT molecular complexity index is 1860. The first-order valence-electron chi connectivity index (χ1n) is 22.0. The fourth-order valence-corrected chi connectivity index (χ4v) is 9.40. The summed E-state index contributed by atoms with van der Waals surface area (Å²) in [6.45, 7) is 12.9. The summed E-state index contributed by atoms with van der Waals surface area (Å²) in [7, 11) is 1.90. The number of likely N-dealkylation sites (tertiary alicyclic amines) is 1. The Labute approximate surface area is 364 Å². The molecule has 6 rings (SSSR count). The van der Waals surface area contributed by atoms with Crippen molar-refractivity contribution in [3.05, 3.63) is 59.7 Å². The number of anilines is 1. The first-order valence-corrected chi connectivity index (χ1v) is 22.8. The average Bonchev–Trinajstić information content (AvgIpc) is 3.80. The van der Waals surface area contributed by atoms with Gasteiger partial charge < -0.3 is 24.4 Å². The van der Waals surface area contributed by atoms with E-state index < -0.39 is 24.3 Å². The maximum absolute atomic E-state index is 15.1. The molecule has 4 aliphatic rings. The monoisotopic (exact) mass is 865 g/mol. The van der Waals surface area contributed by atoms with Crippen molar-refractivity contribution in [2.45, 2.75) is 102 Å². The number of piperazine rings is 2. The zero-order chi connectivity index (χ0) is 43.5. The van der Waals surface area contributed by atoms with E-state index >= 15 is 4.39 Å².